The van der Waals surface area contributed by atoms with Crippen LogP contribution in [-0.4, -0.2) is 11.1 Å². The number of nitrogens with zero attached hydrogens (tertiary/aromatic N) is 1. The van der Waals surface area contributed by atoms with Crippen molar-refractivity contribution in [3.8, 4) is 11.3 Å². The molecule has 16 heavy (non-hydrogen) atoms. The smallest absolute Gasteiger partial charge is 0.254 e. The van der Waals surface area contributed by atoms with Gasteiger partial charge in [0.05, 0.1) is 0 Å². The molecule has 0 radical (unpaired) electrons. The Labute approximate surface area is 93.1 Å². The van der Waals surface area contributed by atoms with Gasteiger partial charge in [-0.15, -0.1) is 0 Å². The van der Waals surface area contributed by atoms with Crippen LogP contribution in [0.15, 0.2) is 28.8 Å². The highest BCUT2D eigenvalue weighted by molar-refractivity contribution is 5.99. The fraction of sp³-hybridized carbons (Fsp3) is 0.167. The Morgan fingerprint density at radius 3 is 2.62 bits per heavy atom. The molecule has 0 spiro atoms. The molecule has 0 unspecified atom stereocenters. The van der Waals surface area contributed by atoms with E-state index in [0.717, 1.165) is 11.1 Å². The second kappa shape index (κ2) is 3.81. The third-order valence-corrected chi connectivity index (χ3v) is 2.51. The van der Waals surface area contributed by atoms with Crippen LogP contribution < -0.4 is 5.73 Å². The number of hydrogen-bond donors (Lipinski definition) is 1. The summed E-state index contributed by atoms with van der Waals surface area (Å²) < 4.78 is 5.02. The Balaban J connectivity index is 2.66. The van der Waals surface area contributed by atoms with E-state index in [2.05, 4.69) is 5.16 Å². The van der Waals surface area contributed by atoms with Crippen molar-refractivity contribution in [1.82, 2.24) is 5.16 Å². The molecule has 0 atom stereocenters. The highest BCUT2D eigenvalue weighted by Crippen LogP contribution is 2.27. The van der Waals surface area contributed by atoms with Crippen LogP contribution in [0, 0.1) is 13.8 Å². The number of nitrogens with two attached hydrogens (primary N) is 1. The van der Waals surface area contributed by atoms with Crippen LogP contribution in [0.3, 0.4) is 0 Å². The third-order valence-electron chi connectivity index (χ3n) is 2.51. The summed E-state index contributed by atoms with van der Waals surface area (Å²) in [7, 11) is 0. The van der Waals surface area contributed by atoms with Crippen LogP contribution in [-0.2, 0) is 0 Å². The second-order valence-electron chi connectivity index (χ2n) is 3.64. The van der Waals surface area contributed by atoms with Gasteiger partial charge in [0.2, 0.25) is 0 Å². The van der Waals surface area contributed by atoms with Gasteiger partial charge in [-0.05, 0) is 19.4 Å². The minimum absolute atomic E-state index is 0.356. The summed E-state index contributed by atoms with van der Waals surface area (Å²) in [5.74, 6) is -0.0669. The average molecular weight is 216 g/mol. The van der Waals surface area contributed by atoms with Gasteiger partial charge in [-0.1, -0.05) is 29.4 Å². The number of amides is 1. The minimum atomic E-state index is -0.517. The van der Waals surface area contributed by atoms with Crippen molar-refractivity contribution in [2.75, 3.05) is 0 Å². The maximum Gasteiger partial charge on any atom is 0.254 e. The van der Waals surface area contributed by atoms with E-state index in [0.29, 0.717) is 17.0 Å². The van der Waals surface area contributed by atoms with E-state index in [1.165, 1.54) is 0 Å². The molecule has 1 heterocycles. The number of primary amides is 1. The largest absolute Gasteiger partial charge is 0.365 e. The fourth-order valence-corrected chi connectivity index (χ4v) is 1.68. The molecule has 1 aromatic carbocycles. The first kappa shape index (κ1) is 10.4. The lowest BCUT2D eigenvalue weighted by molar-refractivity contribution is 0.0999. The summed E-state index contributed by atoms with van der Waals surface area (Å²) >= 11 is 0. The van der Waals surface area contributed by atoms with Gasteiger partial charge in [0.25, 0.3) is 5.91 Å². The standard InChI is InChI=1S/C12H12N2O2/c1-7-5-3-4-6-9(7)11-10(12(13)15)8(2)16-14-11/h3-6H,1-2H3,(H2,13,15). The molecule has 4 nitrogen and oxygen atoms in total. The molecule has 2 aromatic rings. The Kier molecular flexibility index (Phi) is 2.48. The lowest BCUT2D eigenvalue weighted by Gasteiger charge is -2.02. The van der Waals surface area contributed by atoms with Crippen LogP contribution in [0.1, 0.15) is 21.7 Å². The number of hydrogen-bond acceptors (Lipinski definition) is 3. The highest BCUT2D eigenvalue weighted by atomic mass is 16.5. The molecule has 0 aliphatic rings. The van der Waals surface area contributed by atoms with Crippen LogP contribution >= 0.6 is 0 Å². The van der Waals surface area contributed by atoms with Gasteiger partial charge < -0.3 is 10.3 Å². The predicted molar refractivity (Wildman–Crippen MR) is 59.9 cm³/mol. The van der Waals surface area contributed by atoms with Crippen LogP contribution in [0.5, 0.6) is 0 Å². The fourth-order valence-electron chi connectivity index (χ4n) is 1.68. The van der Waals surface area contributed by atoms with Crippen molar-refractivity contribution in [3.05, 3.63) is 41.2 Å². The first-order chi connectivity index (χ1) is 7.61. The van der Waals surface area contributed by atoms with Gasteiger partial charge in [-0.2, -0.15) is 0 Å². The predicted octanol–water partition coefficient (Wildman–Crippen LogP) is 2.06. The van der Waals surface area contributed by atoms with Crippen LogP contribution in [0.4, 0.5) is 0 Å². The van der Waals surface area contributed by atoms with Crippen molar-refractivity contribution < 1.29 is 9.32 Å². The quantitative estimate of drug-likeness (QED) is 0.835. The molecule has 1 aromatic heterocycles. The summed E-state index contributed by atoms with van der Waals surface area (Å²) in [6.07, 6.45) is 0. The van der Waals surface area contributed by atoms with Crippen molar-refractivity contribution in [1.29, 1.82) is 0 Å². The zero-order valence-electron chi connectivity index (χ0n) is 9.15. The van der Waals surface area contributed by atoms with E-state index in [4.69, 9.17) is 10.3 Å². The molecule has 82 valence electrons. The van der Waals surface area contributed by atoms with E-state index in [-0.39, 0.29) is 0 Å². The molecule has 0 aliphatic carbocycles. The molecule has 0 saturated heterocycles. The van der Waals surface area contributed by atoms with Crippen molar-refractivity contribution in [2.24, 2.45) is 5.73 Å². The van der Waals surface area contributed by atoms with Gasteiger partial charge in [0.1, 0.15) is 17.0 Å². The molecule has 1 amide bonds. The molecule has 0 aliphatic heterocycles. The number of carbonyl (C=O) groups is 1. The normalized spacial score (nSPS) is 10.4. The van der Waals surface area contributed by atoms with Gasteiger partial charge >= 0.3 is 0 Å². The van der Waals surface area contributed by atoms with E-state index in [1.807, 2.05) is 31.2 Å². The minimum Gasteiger partial charge on any atom is -0.365 e. The molecule has 2 rings (SSSR count). The topological polar surface area (TPSA) is 69.1 Å². The summed E-state index contributed by atoms with van der Waals surface area (Å²) in [6, 6.07) is 7.65. The van der Waals surface area contributed by atoms with Crippen molar-refractivity contribution in [2.45, 2.75) is 13.8 Å². The maximum atomic E-state index is 11.3. The van der Waals surface area contributed by atoms with Crippen LogP contribution in [0.2, 0.25) is 0 Å². The second-order valence-corrected chi connectivity index (χ2v) is 3.64. The highest BCUT2D eigenvalue weighted by Gasteiger charge is 2.19. The van der Waals surface area contributed by atoms with Gasteiger partial charge in [-0.3, -0.25) is 4.79 Å². The zero-order chi connectivity index (χ0) is 11.7. The van der Waals surface area contributed by atoms with E-state index >= 15 is 0 Å². The maximum absolute atomic E-state index is 11.3. The van der Waals surface area contributed by atoms with Crippen molar-refractivity contribution >= 4 is 5.91 Å². The van der Waals surface area contributed by atoms with Crippen molar-refractivity contribution in [3.63, 3.8) is 0 Å². The van der Waals surface area contributed by atoms with E-state index in [9.17, 15) is 4.79 Å². The molecule has 0 bridgehead atoms. The Hall–Kier alpha value is -2.10. The van der Waals surface area contributed by atoms with Crippen LogP contribution in [0.25, 0.3) is 11.3 Å². The third kappa shape index (κ3) is 1.58. The number of rotatable bonds is 2. The molecular formula is C12H12N2O2. The van der Waals surface area contributed by atoms with Gasteiger partial charge in [0.15, 0.2) is 0 Å². The van der Waals surface area contributed by atoms with Gasteiger partial charge in [-0.25, -0.2) is 0 Å². The lowest BCUT2D eigenvalue weighted by Crippen LogP contribution is -2.12. The molecule has 2 N–H and O–H groups in total. The molecule has 0 fully saturated rings. The first-order valence-electron chi connectivity index (χ1n) is 4.93. The average Bonchev–Trinajstić information content (AvgIpc) is 2.61. The molecular weight excluding hydrogens is 204 g/mol. The first-order valence-corrected chi connectivity index (χ1v) is 4.93. The summed E-state index contributed by atoms with van der Waals surface area (Å²) in [5, 5.41) is 3.89. The zero-order valence-corrected chi connectivity index (χ0v) is 9.15. The summed E-state index contributed by atoms with van der Waals surface area (Å²) in [5.41, 5.74) is 8.08. The number of aryl methyl sites for hydroxylation is 2. The monoisotopic (exact) mass is 216 g/mol. The molecule has 4 heteroatoms. The summed E-state index contributed by atoms with van der Waals surface area (Å²) in [4.78, 5) is 11.3. The van der Waals surface area contributed by atoms with E-state index < -0.39 is 5.91 Å². The Morgan fingerprint density at radius 1 is 1.31 bits per heavy atom. The number of aromatic nitrogens is 1. The molecule has 0 saturated carbocycles. The summed E-state index contributed by atoms with van der Waals surface area (Å²) in [6.45, 7) is 3.62. The Bertz CT molecular complexity index is 544. The number of benzene rings is 1. The lowest BCUT2D eigenvalue weighted by atomic mass is 10.0. The Morgan fingerprint density at radius 2 is 2.00 bits per heavy atom. The SMILES string of the molecule is Cc1ccccc1-c1noc(C)c1C(N)=O. The van der Waals surface area contributed by atoms with E-state index in [1.54, 1.807) is 6.92 Å². The number of carbonyl (C=O) groups excluding carboxylic acids is 1. The van der Waals surface area contributed by atoms with Gasteiger partial charge in [0, 0.05) is 5.56 Å².